The van der Waals surface area contributed by atoms with Crippen LogP contribution in [0, 0.1) is 5.92 Å². The number of ether oxygens (including phenoxy) is 1. The molecule has 0 spiro atoms. The van der Waals surface area contributed by atoms with E-state index in [0.29, 0.717) is 12.5 Å². The highest BCUT2D eigenvalue weighted by atomic mass is 79.9. The van der Waals surface area contributed by atoms with Crippen LogP contribution in [-0.2, 0) is 9.53 Å². The lowest BCUT2D eigenvalue weighted by molar-refractivity contribution is -0.886. The van der Waals surface area contributed by atoms with E-state index < -0.39 is 0 Å². The number of likely N-dealkylation sites (tertiary alicyclic amines) is 1. The summed E-state index contributed by atoms with van der Waals surface area (Å²) in [6.07, 6.45) is 2.32. The summed E-state index contributed by atoms with van der Waals surface area (Å²) in [4.78, 5) is 12.7. The molecule has 1 saturated heterocycles. The molecule has 0 aromatic carbocycles. The second kappa shape index (κ2) is 6.08. The van der Waals surface area contributed by atoms with E-state index >= 15 is 0 Å². The van der Waals surface area contributed by atoms with Gasteiger partial charge in [0.25, 0.3) is 0 Å². The molecule has 0 amide bonds. The number of rotatable bonds is 3. The van der Waals surface area contributed by atoms with Crippen LogP contribution < -0.4 is 4.90 Å². The Balaban J connectivity index is 2.16. The SMILES string of the molecule is C[NH+]1CCC(COC(=O)C(Br)Br)CC1. The third-order valence-corrected chi connectivity index (χ3v) is 3.35. The van der Waals surface area contributed by atoms with E-state index in [0.717, 1.165) is 12.8 Å². The van der Waals surface area contributed by atoms with E-state index in [4.69, 9.17) is 4.74 Å². The van der Waals surface area contributed by atoms with Gasteiger partial charge in [0.2, 0.25) is 0 Å². The number of carbonyl (C=O) groups is 1. The number of quaternary nitrogens is 1. The minimum Gasteiger partial charge on any atom is -0.464 e. The number of nitrogens with one attached hydrogen (secondary N) is 1. The van der Waals surface area contributed by atoms with Gasteiger partial charge in [-0.3, -0.25) is 0 Å². The molecule has 0 atom stereocenters. The summed E-state index contributed by atoms with van der Waals surface area (Å²) in [5, 5.41) is 0. The van der Waals surface area contributed by atoms with E-state index in [1.165, 1.54) is 13.1 Å². The van der Waals surface area contributed by atoms with Crippen molar-refractivity contribution >= 4 is 37.8 Å². The molecule has 3 nitrogen and oxygen atoms in total. The molecule has 1 fully saturated rings. The number of alkyl halides is 2. The molecule has 82 valence electrons. The van der Waals surface area contributed by atoms with Gasteiger partial charge in [-0.1, -0.05) is 31.9 Å². The molecule has 1 heterocycles. The summed E-state index contributed by atoms with van der Waals surface area (Å²) >= 11 is 6.22. The highest BCUT2D eigenvalue weighted by Crippen LogP contribution is 2.13. The summed E-state index contributed by atoms with van der Waals surface area (Å²) in [6, 6.07) is 0. The normalized spacial score (nSPS) is 27.7. The lowest BCUT2D eigenvalue weighted by atomic mass is 9.98. The first-order valence-electron chi connectivity index (χ1n) is 4.85. The standard InChI is InChI=1S/C9H15Br2NO2/c1-12-4-2-7(3-5-12)6-14-9(13)8(10)11/h7-8H,2-6H2,1H3/p+1. The molecule has 0 bridgehead atoms. The molecular weight excluding hydrogens is 314 g/mol. The minimum absolute atomic E-state index is 0.226. The Morgan fingerprint density at radius 3 is 2.57 bits per heavy atom. The third kappa shape index (κ3) is 4.28. The Morgan fingerprint density at radius 1 is 1.50 bits per heavy atom. The van der Waals surface area contributed by atoms with Crippen molar-refractivity contribution in [2.45, 2.75) is 16.6 Å². The van der Waals surface area contributed by atoms with Crippen LogP contribution in [0.25, 0.3) is 0 Å². The molecule has 14 heavy (non-hydrogen) atoms. The first-order chi connectivity index (χ1) is 6.59. The second-order valence-corrected chi connectivity index (χ2v) is 6.89. The molecule has 1 N–H and O–H groups in total. The van der Waals surface area contributed by atoms with Crippen molar-refractivity contribution in [3.63, 3.8) is 0 Å². The van der Waals surface area contributed by atoms with Gasteiger partial charge >= 0.3 is 5.97 Å². The smallest absolute Gasteiger partial charge is 0.330 e. The maximum Gasteiger partial charge on any atom is 0.330 e. The average molecular weight is 330 g/mol. The molecule has 1 rings (SSSR count). The van der Waals surface area contributed by atoms with Crippen molar-refractivity contribution in [2.24, 2.45) is 5.92 Å². The number of piperidine rings is 1. The van der Waals surface area contributed by atoms with E-state index in [1.807, 2.05) is 0 Å². The van der Waals surface area contributed by atoms with Gasteiger partial charge in [0, 0.05) is 18.8 Å². The summed E-state index contributed by atoms with van der Waals surface area (Å²) in [7, 11) is 2.20. The van der Waals surface area contributed by atoms with Gasteiger partial charge in [0.05, 0.1) is 26.7 Å². The monoisotopic (exact) mass is 328 g/mol. The largest absolute Gasteiger partial charge is 0.464 e. The van der Waals surface area contributed by atoms with Crippen LogP contribution in [0.5, 0.6) is 0 Å². The van der Waals surface area contributed by atoms with E-state index in [2.05, 4.69) is 38.9 Å². The predicted octanol–water partition coefficient (Wildman–Crippen LogP) is 0.570. The number of halogens is 2. The van der Waals surface area contributed by atoms with Gasteiger partial charge in [-0.2, -0.15) is 0 Å². The molecule has 0 aromatic heterocycles. The van der Waals surface area contributed by atoms with Crippen molar-refractivity contribution < 1.29 is 14.4 Å². The molecule has 0 radical (unpaired) electrons. The van der Waals surface area contributed by atoms with Gasteiger partial charge in [-0.25, -0.2) is 4.79 Å². The zero-order valence-corrected chi connectivity index (χ0v) is 11.4. The molecule has 5 heteroatoms. The van der Waals surface area contributed by atoms with Crippen LogP contribution in [0.1, 0.15) is 12.8 Å². The Morgan fingerprint density at radius 2 is 2.07 bits per heavy atom. The lowest BCUT2D eigenvalue weighted by Gasteiger charge is -2.26. The quantitative estimate of drug-likeness (QED) is 0.606. The number of hydrogen-bond donors (Lipinski definition) is 1. The first-order valence-corrected chi connectivity index (χ1v) is 6.69. The van der Waals surface area contributed by atoms with Crippen molar-refractivity contribution in [3.8, 4) is 0 Å². The summed E-state index contributed by atoms with van der Waals surface area (Å²) in [5.41, 5.74) is 0. The average Bonchev–Trinajstić information content (AvgIpc) is 2.16. The summed E-state index contributed by atoms with van der Waals surface area (Å²) in [5.74, 6) is 0.331. The zero-order chi connectivity index (χ0) is 10.6. The molecule has 1 aliphatic heterocycles. The number of esters is 1. The Labute approximate surface area is 101 Å². The maximum absolute atomic E-state index is 11.1. The van der Waals surface area contributed by atoms with Crippen molar-refractivity contribution in [1.82, 2.24) is 0 Å². The first kappa shape index (κ1) is 12.5. The van der Waals surface area contributed by atoms with Crippen LogP contribution in [0.2, 0.25) is 0 Å². The van der Waals surface area contributed by atoms with Crippen molar-refractivity contribution in [3.05, 3.63) is 0 Å². The van der Waals surface area contributed by atoms with E-state index in [-0.39, 0.29) is 9.71 Å². The zero-order valence-electron chi connectivity index (χ0n) is 8.26. The van der Waals surface area contributed by atoms with Crippen LogP contribution in [0.15, 0.2) is 0 Å². The second-order valence-electron chi connectivity index (χ2n) is 3.83. The minimum atomic E-state index is -0.369. The molecule has 0 aliphatic carbocycles. The maximum atomic E-state index is 11.1. The molecule has 0 aromatic rings. The summed E-state index contributed by atoms with van der Waals surface area (Å²) < 4.78 is 4.77. The molecule has 1 aliphatic rings. The van der Waals surface area contributed by atoms with Gasteiger partial charge < -0.3 is 9.64 Å². The van der Waals surface area contributed by atoms with Gasteiger partial charge in [0.15, 0.2) is 3.74 Å². The van der Waals surface area contributed by atoms with E-state index in [9.17, 15) is 4.79 Å². The number of carbonyl (C=O) groups excluding carboxylic acids is 1. The third-order valence-electron chi connectivity index (χ3n) is 2.60. The van der Waals surface area contributed by atoms with Gasteiger partial charge in [-0.05, 0) is 0 Å². The van der Waals surface area contributed by atoms with Crippen LogP contribution in [0.3, 0.4) is 0 Å². The van der Waals surface area contributed by atoms with Crippen LogP contribution in [0.4, 0.5) is 0 Å². The number of hydrogen-bond acceptors (Lipinski definition) is 2. The molecule has 0 unspecified atom stereocenters. The lowest BCUT2D eigenvalue weighted by Crippen LogP contribution is -3.10. The predicted molar refractivity (Wildman–Crippen MR) is 61.9 cm³/mol. The molecular formula is C9H16Br2NO2+. The van der Waals surface area contributed by atoms with Gasteiger partial charge in [0.1, 0.15) is 0 Å². The Hall–Kier alpha value is 0.390. The van der Waals surface area contributed by atoms with Crippen LogP contribution in [-0.4, -0.2) is 36.4 Å². The van der Waals surface area contributed by atoms with E-state index in [1.54, 1.807) is 4.90 Å². The highest BCUT2D eigenvalue weighted by molar-refractivity contribution is 9.25. The molecule has 0 saturated carbocycles. The van der Waals surface area contributed by atoms with Crippen LogP contribution >= 0.6 is 31.9 Å². The summed E-state index contributed by atoms with van der Waals surface area (Å²) in [6.45, 7) is 2.95. The highest BCUT2D eigenvalue weighted by Gasteiger charge is 2.21. The Bertz CT molecular complexity index is 191. The van der Waals surface area contributed by atoms with Crippen molar-refractivity contribution in [2.75, 3.05) is 26.7 Å². The Kier molecular flexibility index (Phi) is 5.41. The fourth-order valence-electron chi connectivity index (χ4n) is 1.60. The van der Waals surface area contributed by atoms with Crippen molar-refractivity contribution in [1.29, 1.82) is 0 Å². The fourth-order valence-corrected chi connectivity index (χ4v) is 1.86. The fraction of sp³-hybridized carbons (Fsp3) is 0.889. The van der Waals surface area contributed by atoms with Gasteiger partial charge in [-0.15, -0.1) is 0 Å². The topological polar surface area (TPSA) is 30.7 Å².